The van der Waals surface area contributed by atoms with E-state index in [0.29, 0.717) is 22.4 Å². The Balaban J connectivity index is 2.16. The average molecular weight is 346 g/mol. The molecule has 0 aliphatic heterocycles. The molecule has 0 radical (unpaired) electrons. The Morgan fingerprint density at radius 2 is 2.21 bits per heavy atom. The van der Waals surface area contributed by atoms with Crippen LogP contribution in [0.2, 0.25) is 0 Å². The summed E-state index contributed by atoms with van der Waals surface area (Å²) in [6.45, 7) is 2.01. The van der Waals surface area contributed by atoms with E-state index in [1.54, 1.807) is 31.1 Å². The van der Waals surface area contributed by atoms with Gasteiger partial charge in [-0.05, 0) is 19.1 Å². The summed E-state index contributed by atoms with van der Waals surface area (Å²) < 4.78 is 6.65. The molecule has 0 bridgehead atoms. The zero-order chi connectivity index (χ0) is 17.5. The zero-order valence-corrected chi connectivity index (χ0v) is 14.3. The third-order valence-corrected chi connectivity index (χ3v) is 4.21. The molecule has 126 valence electrons. The third-order valence-electron chi connectivity index (χ3n) is 3.28. The highest BCUT2D eigenvalue weighted by Gasteiger charge is 2.20. The van der Waals surface area contributed by atoms with Crippen LogP contribution < -0.4 is 15.5 Å². The Morgan fingerprint density at radius 3 is 2.83 bits per heavy atom. The van der Waals surface area contributed by atoms with E-state index in [2.05, 4.69) is 16.3 Å². The number of thioether (sulfide) groups is 1. The number of benzene rings is 1. The normalized spacial score (nSPS) is 10.2. The van der Waals surface area contributed by atoms with Gasteiger partial charge in [0.15, 0.2) is 0 Å². The van der Waals surface area contributed by atoms with E-state index >= 15 is 0 Å². The van der Waals surface area contributed by atoms with Crippen molar-refractivity contribution in [2.45, 2.75) is 18.5 Å². The topological polar surface area (TPSA) is 110 Å². The molecule has 1 aromatic carbocycles. The Kier molecular flexibility index (Phi) is 6.03. The van der Waals surface area contributed by atoms with Crippen LogP contribution in [0.3, 0.4) is 0 Å². The number of aryl methyl sites for hydroxylation is 1. The number of anilines is 1. The zero-order valence-electron chi connectivity index (χ0n) is 13.5. The molecule has 0 atom stereocenters. The van der Waals surface area contributed by atoms with E-state index in [0.717, 1.165) is 0 Å². The monoisotopic (exact) mass is 346 g/mol. The molecule has 24 heavy (non-hydrogen) atoms. The fraction of sp³-hybridized carbons (Fsp3) is 0.333. The van der Waals surface area contributed by atoms with Crippen molar-refractivity contribution >= 4 is 23.4 Å². The predicted molar refractivity (Wildman–Crippen MR) is 91.2 cm³/mol. The van der Waals surface area contributed by atoms with Crippen molar-refractivity contribution < 1.29 is 9.53 Å². The SMILES string of the molecule is COc1ccccc1N(CCC#N)C(=O)CSc1nnc(C)n1N. The van der Waals surface area contributed by atoms with Crippen molar-refractivity contribution in [3.8, 4) is 11.8 Å². The van der Waals surface area contributed by atoms with Crippen LogP contribution in [0, 0.1) is 18.3 Å². The summed E-state index contributed by atoms with van der Waals surface area (Å²) >= 11 is 1.20. The molecule has 2 N–H and O–H groups in total. The lowest BCUT2D eigenvalue weighted by Crippen LogP contribution is -2.33. The van der Waals surface area contributed by atoms with Crippen molar-refractivity contribution in [3.05, 3.63) is 30.1 Å². The van der Waals surface area contributed by atoms with E-state index in [9.17, 15) is 4.79 Å². The van der Waals surface area contributed by atoms with Crippen molar-refractivity contribution in [3.63, 3.8) is 0 Å². The van der Waals surface area contributed by atoms with Crippen LogP contribution in [0.25, 0.3) is 0 Å². The molecular weight excluding hydrogens is 328 g/mol. The van der Waals surface area contributed by atoms with Crippen LogP contribution >= 0.6 is 11.8 Å². The Bertz CT molecular complexity index is 755. The number of amides is 1. The van der Waals surface area contributed by atoms with E-state index < -0.39 is 0 Å². The third kappa shape index (κ3) is 3.97. The lowest BCUT2D eigenvalue weighted by Gasteiger charge is -2.23. The molecule has 0 spiro atoms. The van der Waals surface area contributed by atoms with E-state index in [-0.39, 0.29) is 24.6 Å². The van der Waals surface area contributed by atoms with Gasteiger partial charge in [0.05, 0.1) is 31.0 Å². The number of carbonyl (C=O) groups is 1. The number of aromatic nitrogens is 3. The van der Waals surface area contributed by atoms with Crippen LogP contribution in [0.1, 0.15) is 12.2 Å². The number of hydrogen-bond donors (Lipinski definition) is 1. The predicted octanol–water partition coefficient (Wildman–Crippen LogP) is 1.35. The molecule has 0 aliphatic rings. The first-order chi connectivity index (χ1) is 11.6. The molecule has 2 aromatic rings. The van der Waals surface area contributed by atoms with Crippen LogP contribution in [0.4, 0.5) is 5.69 Å². The quantitative estimate of drug-likeness (QED) is 0.595. The van der Waals surface area contributed by atoms with Gasteiger partial charge in [0.2, 0.25) is 11.1 Å². The van der Waals surface area contributed by atoms with Gasteiger partial charge in [0.25, 0.3) is 0 Å². The van der Waals surface area contributed by atoms with Gasteiger partial charge in [-0.15, -0.1) is 10.2 Å². The minimum atomic E-state index is -0.166. The average Bonchev–Trinajstić information content (AvgIpc) is 2.92. The van der Waals surface area contributed by atoms with Gasteiger partial charge >= 0.3 is 0 Å². The summed E-state index contributed by atoms with van der Waals surface area (Å²) in [6.07, 6.45) is 0.223. The second-order valence-corrected chi connectivity index (χ2v) is 5.76. The fourth-order valence-corrected chi connectivity index (χ4v) is 2.82. The minimum absolute atomic E-state index is 0.124. The standard InChI is InChI=1S/C15H18N6O2S/c1-11-18-19-15(21(11)17)24-10-14(22)20(9-5-8-16)12-6-3-4-7-13(12)23-2/h3-4,6-7H,5,9-10,17H2,1-2H3. The second-order valence-electron chi connectivity index (χ2n) is 4.81. The number of carbonyl (C=O) groups excluding carboxylic acids is 1. The van der Waals surface area contributed by atoms with E-state index in [1.165, 1.54) is 16.4 Å². The summed E-state index contributed by atoms with van der Waals surface area (Å²) in [4.78, 5) is 14.2. The molecule has 2 rings (SSSR count). The van der Waals surface area contributed by atoms with Crippen LogP contribution in [-0.2, 0) is 4.79 Å². The lowest BCUT2D eigenvalue weighted by molar-refractivity contribution is -0.116. The molecule has 1 amide bonds. The number of nitrogens with zero attached hydrogens (tertiary/aromatic N) is 5. The molecule has 9 heteroatoms. The van der Waals surface area contributed by atoms with Gasteiger partial charge in [-0.25, -0.2) is 4.68 Å². The summed E-state index contributed by atoms with van der Waals surface area (Å²) in [5, 5.41) is 17.1. The second kappa shape index (κ2) is 8.21. The van der Waals surface area contributed by atoms with Gasteiger partial charge in [0.1, 0.15) is 11.6 Å². The number of hydrogen-bond acceptors (Lipinski definition) is 7. The van der Waals surface area contributed by atoms with Gasteiger partial charge in [0, 0.05) is 6.54 Å². The molecule has 8 nitrogen and oxygen atoms in total. The van der Waals surface area contributed by atoms with Crippen LogP contribution in [0.15, 0.2) is 29.4 Å². The number of rotatable bonds is 7. The largest absolute Gasteiger partial charge is 0.495 e. The van der Waals surface area contributed by atoms with E-state index in [1.807, 2.05) is 12.1 Å². The van der Waals surface area contributed by atoms with Crippen LogP contribution in [0.5, 0.6) is 5.75 Å². The number of ether oxygens (including phenoxy) is 1. The highest BCUT2D eigenvalue weighted by atomic mass is 32.2. The molecule has 0 unspecified atom stereocenters. The van der Waals surface area contributed by atoms with Gasteiger partial charge < -0.3 is 15.5 Å². The van der Waals surface area contributed by atoms with Gasteiger partial charge in [-0.1, -0.05) is 23.9 Å². The Morgan fingerprint density at radius 1 is 1.46 bits per heavy atom. The number of nitrogen functional groups attached to an aromatic ring is 1. The first-order valence-corrected chi connectivity index (χ1v) is 8.17. The first kappa shape index (κ1) is 17.6. The smallest absolute Gasteiger partial charge is 0.237 e. The number of methoxy groups -OCH3 is 1. The summed E-state index contributed by atoms with van der Waals surface area (Å²) in [5.74, 6) is 6.88. The molecule has 0 saturated carbocycles. The van der Waals surface area contributed by atoms with Crippen molar-refractivity contribution in [1.29, 1.82) is 5.26 Å². The molecule has 1 heterocycles. The highest BCUT2D eigenvalue weighted by molar-refractivity contribution is 7.99. The number of nitrogens with two attached hydrogens (primary N) is 1. The van der Waals surface area contributed by atoms with Crippen molar-refractivity contribution in [2.75, 3.05) is 30.1 Å². The first-order valence-electron chi connectivity index (χ1n) is 7.18. The maximum Gasteiger partial charge on any atom is 0.237 e. The Hall–Kier alpha value is -2.73. The maximum absolute atomic E-state index is 12.7. The molecule has 0 aliphatic carbocycles. The minimum Gasteiger partial charge on any atom is -0.495 e. The van der Waals surface area contributed by atoms with Crippen LogP contribution in [-0.4, -0.2) is 40.2 Å². The lowest BCUT2D eigenvalue weighted by atomic mass is 10.2. The molecular formula is C15H18N6O2S. The van der Waals surface area contributed by atoms with Crippen molar-refractivity contribution in [2.24, 2.45) is 0 Å². The summed E-state index contributed by atoms with van der Waals surface area (Å²) in [7, 11) is 1.54. The summed E-state index contributed by atoms with van der Waals surface area (Å²) in [6, 6.07) is 9.26. The summed E-state index contributed by atoms with van der Waals surface area (Å²) in [5.41, 5.74) is 0.631. The number of para-hydroxylation sites is 2. The molecule has 0 fully saturated rings. The fourth-order valence-electron chi connectivity index (χ4n) is 2.05. The van der Waals surface area contributed by atoms with Gasteiger partial charge in [-0.3, -0.25) is 4.79 Å². The van der Waals surface area contributed by atoms with Crippen molar-refractivity contribution in [1.82, 2.24) is 14.9 Å². The van der Waals surface area contributed by atoms with Gasteiger partial charge in [-0.2, -0.15) is 5.26 Å². The molecule has 1 aromatic heterocycles. The van der Waals surface area contributed by atoms with E-state index in [4.69, 9.17) is 15.8 Å². The Labute approximate surface area is 144 Å². The maximum atomic E-state index is 12.7. The highest BCUT2D eigenvalue weighted by Crippen LogP contribution is 2.29. The molecule has 0 saturated heterocycles. The number of nitriles is 1.